The highest BCUT2D eigenvalue weighted by molar-refractivity contribution is 5.96. The lowest BCUT2D eigenvalue weighted by molar-refractivity contribution is 0.0935. The predicted octanol–water partition coefficient (Wildman–Crippen LogP) is 3.30. The molecule has 2 aromatic rings. The molecule has 1 heterocycles. The second-order valence-electron chi connectivity index (χ2n) is 5.55. The molecule has 0 aliphatic carbocycles. The van der Waals surface area contributed by atoms with Crippen LogP contribution in [0.3, 0.4) is 0 Å². The third-order valence-electron chi connectivity index (χ3n) is 3.78. The van der Waals surface area contributed by atoms with E-state index in [9.17, 15) is 4.79 Å². The number of rotatable bonds is 7. The lowest BCUT2D eigenvalue weighted by Crippen LogP contribution is -2.27. The molecule has 6 heteroatoms. The quantitative estimate of drug-likeness (QED) is 0.834. The molecule has 1 aromatic heterocycles. The van der Waals surface area contributed by atoms with Crippen molar-refractivity contribution in [1.29, 1.82) is 0 Å². The number of ether oxygens (including phenoxy) is 3. The summed E-state index contributed by atoms with van der Waals surface area (Å²) in [5.74, 6) is 1.37. The Morgan fingerprint density at radius 1 is 1.16 bits per heavy atom. The Morgan fingerprint density at radius 3 is 2.52 bits per heavy atom. The lowest BCUT2D eigenvalue weighted by Gasteiger charge is -2.17. The number of aryl methyl sites for hydroxylation is 1. The van der Waals surface area contributed by atoms with Gasteiger partial charge in [-0.15, -0.1) is 0 Å². The van der Waals surface area contributed by atoms with Crippen molar-refractivity contribution in [3.8, 4) is 17.4 Å². The SMILES string of the molecule is CCOc1nc(C)ccc1C(=O)N[C@H](C)c1ccc(OC)c(OC)c1. The molecular weight excluding hydrogens is 320 g/mol. The van der Waals surface area contributed by atoms with Gasteiger partial charge in [0.05, 0.1) is 26.9 Å². The minimum absolute atomic E-state index is 0.219. The fourth-order valence-electron chi connectivity index (χ4n) is 2.43. The van der Waals surface area contributed by atoms with Crippen molar-refractivity contribution in [2.24, 2.45) is 0 Å². The maximum absolute atomic E-state index is 12.6. The minimum Gasteiger partial charge on any atom is -0.493 e. The van der Waals surface area contributed by atoms with Gasteiger partial charge in [-0.1, -0.05) is 6.07 Å². The Hall–Kier alpha value is -2.76. The highest BCUT2D eigenvalue weighted by atomic mass is 16.5. The van der Waals surface area contributed by atoms with Crippen molar-refractivity contribution in [2.45, 2.75) is 26.8 Å². The topological polar surface area (TPSA) is 69.7 Å². The minimum atomic E-state index is -0.238. The highest BCUT2D eigenvalue weighted by Gasteiger charge is 2.18. The van der Waals surface area contributed by atoms with E-state index in [0.29, 0.717) is 29.5 Å². The molecule has 6 nitrogen and oxygen atoms in total. The molecule has 1 amide bonds. The molecule has 2 rings (SSSR count). The molecule has 1 N–H and O–H groups in total. The van der Waals surface area contributed by atoms with E-state index in [1.165, 1.54) is 0 Å². The normalized spacial score (nSPS) is 11.6. The van der Waals surface area contributed by atoms with Crippen molar-refractivity contribution in [3.63, 3.8) is 0 Å². The Morgan fingerprint density at radius 2 is 1.88 bits per heavy atom. The standard InChI is InChI=1S/C19H24N2O4/c1-6-25-19-15(9-7-12(2)20-19)18(22)21-13(3)14-8-10-16(23-4)17(11-14)24-5/h7-11,13H,6H2,1-5H3,(H,21,22)/t13-/m1/s1. The Balaban J connectivity index is 2.20. The van der Waals surface area contributed by atoms with Gasteiger partial charge in [0.15, 0.2) is 11.5 Å². The second-order valence-corrected chi connectivity index (χ2v) is 5.55. The van der Waals surface area contributed by atoms with Gasteiger partial charge in [-0.2, -0.15) is 0 Å². The van der Waals surface area contributed by atoms with Crippen molar-refractivity contribution in [3.05, 3.63) is 47.2 Å². The molecule has 1 aromatic carbocycles. The van der Waals surface area contributed by atoms with Crippen LogP contribution in [0, 0.1) is 6.92 Å². The Kier molecular flexibility index (Phi) is 6.22. The fraction of sp³-hybridized carbons (Fsp3) is 0.368. The molecule has 0 saturated heterocycles. The Labute approximate surface area is 148 Å². The third-order valence-corrected chi connectivity index (χ3v) is 3.78. The molecule has 0 unspecified atom stereocenters. The summed E-state index contributed by atoms with van der Waals surface area (Å²) < 4.78 is 16.0. The second kappa shape index (κ2) is 8.37. The number of carbonyl (C=O) groups is 1. The number of carbonyl (C=O) groups excluding carboxylic acids is 1. The van der Waals surface area contributed by atoms with Gasteiger partial charge in [-0.05, 0) is 50.6 Å². The first-order chi connectivity index (χ1) is 12.0. The zero-order valence-electron chi connectivity index (χ0n) is 15.3. The molecule has 0 fully saturated rings. The van der Waals surface area contributed by atoms with Crippen LogP contribution in [0.1, 0.15) is 41.5 Å². The monoisotopic (exact) mass is 344 g/mol. The van der Waals surface area contributed by atoms with Gasteiger partial charge in [0.1, 0.15) is 5.56 Å². The first kappa shape index (κ1) is 18.6. The van der Waals surface area contributed by atoms with Crippen LogP contribution < -0.4 is 19.5 Å². The average molecular weight is 344 g/mol. The van der Waals surface area contributed by atoms with E-state index in [1.807, 2.05) is 39.0 Å². The van der Waals surface area contributed by atoms with Crippen LogP contribution in [0.15, 0.2) is 30.3 Å². The lowest BCUT2D eigenvalue weighted by atomic mass is 10.1. The summed E-state index contributed by atoms with van der Waals surface area (Å²) in [6, 6.07) is 8.85. The number of methoxy groups -OCH3 is 2. The van der Waals surface area contributed by atoms with E-state index in [1.54, 1.807) is 26.4 Å². The van der Waals surface area contributed by atoms with E-state index in [-0.39, 0.29) is 11.9 Å². The molecule has 0 bridgehead atoms. The largest absolute Gasteiger partial charge is 0.493 e. The molecule has 0 radical (unpaired) electrons. The average Bonchev–Trinajstić information content (AvgIpc) is 2.61. The summed E-state index contributed by atoms with van der Waals surface area (Å²) in [5, 5.41) is 2.96. The zero-order chi connectivity index (χ0) is 18.4. The number of aromatic nitrogens is 1. The highest BCUT2D eigenvalue weighted by Crippen LogP contribution is 2.30. The van der Waals surface area contributed by atoms with Crippen molar-refractivity contribution in [1.82, 2.24) is 10.3 Å². The number of pyridine rings is 1. The van der Waals surface area contributed by atoms with Crippen molar-refractivity contribution < 1.29 is 19.0 Å². The van der Waals surface area contributed by atoms with Crippen molar-refractivity contribution in [2.75, 3.05) is 20.8 Å². The van der Waals surface area contributed by atoms with Crippen LogP contribution >= 0.6 is 0 Å². The first-order valence-corrected chi connectivity index (χ1v) is 8.13. The number of nitrogens with one attached hydrogen (secondary N) is 1. The number of benzene rings is 1. The zero-order valence-corrected chi connectivity index (χ0v) is 15.3. The first-order valence-electron chi connectivity index (χ1n) is 8.13. The van der Waals surface area contributed by atoms with Gasteiger partial charge < -0.3 is 19.5 Å². The third kappa shape index (κ3) is 4.41. The van der Waals surface area contributed by atoms with Crippen molar-refractivity contribution >= 4 is 5.91 Å². The van der Waals surface area contributed by atoms with Gasteiger partial charge in [0.25, 0.3) is 5.91 Å². The van der Waals surface area contributed by atoms with Gasteiger partial charge >= 0.3 is 0 Å². The van der Waals surface area contributed by atoms with Crippen LogP contribution in [0.4, 0.5) is 0 Å². The molecule has 1 atom stereocenters. The maximum Gasteiger partial charge on any atom is 0.257 e. The molecule has 0 spiro atoms. The van der Waals surface area contributed by atoms with E-state index in [2.05, 4.69) is 10.3 Å². The summed E-state index contributed by atoms with van der Waals surface area (Å²) in [5.41, 5.74) is 2.12. The Bertz CT molecular complexity index is 746. The predicted molar refractivity (Wildman–Crippen MR) is 95.6 cm³/mol. The number of nitrogens with zero attached hydrogens (tertiary/aromatic N) is 1. The number of hydrogen-bond acceptors (Lipinski definition) is 5. The summed E-state index contributed by atoms with van der Waals surface area (Å²) in [7, 11) is 3.17. The smallest absolute Gasteiger partial charge is 0.257 e. The van der Waals surface area contributed by atoms with Crippen LogP contribution in [-0.2, 0) is 0 Å². The van der Waals surface area contributed by atoms with Gasteiger partial charge in [0, 0.05) is 5.69 Å². The fourth-order valence-corrected chi connectivity index (χ4v) is 2.43. The van der Waals surface area contributed by atoms with Crippen LogP contribution in [0.25, 0.3) is 0 Å². The number of hydrogen-bond donors (Lipinski definition) is 1. The molecule has 0 aliphatic heterocycles. The van der Waals surface area contributed by atoms with Crippen LogP contribution in [0.2, 0.25) is 0 Å². The number of amides is 1. The summed E-state index contributed by atoms with van der Waals surface area (Å²) in [6.07, 6.45) is 0. The molecule has 134 valence electrons. The van der Waals surface area contributed by atoms with E-state index < -0.39 is 0 Å². The van der Waals surface area contributed by atoms with Gasteiger partial charge in [0.2, 0.25) is 5.88 Å². The van der Waals surface area contributed by atoms with E-state index in [0.717, 1.165) is 11.3 Å². The molecular formula is C19H24N2O4. The van der Waals surface area contributed by atoms with Crippen LogP contribution in [0.5, 0.6) is 17.4 Å². The molecule has 25 heavy (non-hydrogen) atoms. The molecule has 0 aliphatic rings. The molecule has 0 saturated carbocycles. The van der Waals surface area contributed by atoms with Crippen LogP contribution in [-0.4, -0.2) is 31.7 Å². The summed E-state index contributed by atoms with van der Waals surface area (Å²) >= 11 is 0. The van der Waals surface area contributed by atoms with Gasteiger partial charge in [-0.3, -0.25) is 4.79 Å². The van der Waals surface area contributed by atoms with E-state index >= 15 is 0 Å². The summed E-state index contributed by atoms with van der Waals surface area (Å²) in [4.78, 5) is 16.9. The maximum atomic E-state index is 12.6. The van der Waals surface area contributed by atoms with Gasteiger partial charge in [-0.25, -0.2) is 4.98 Å². The van der Waals surface area contributed by atoms with E-state index in [4.69, 9.17) is 14.2 Å². The summed E-state index contributed by atoms with van der Waals surface area (Å²) in [6.45, 7) is 6.07.